The number of aliphatic hydroxyl groups is 1. The van der Waals surface area contributed by atoms with Crippen molar-refractivity contribution in [3.63, 3.8) is 0 Å². The number of nitrogens with zero attached hydrogens (tertiary/aromatic N) is 2. The van der Waals surface area contributed by atoms with Gasteiger partial charge in [0.25, 0.3) is 6.43 Å². The molecule has 2 amide bonds. The summed E-state index contributed by atoms with van der Waals surface area (Å²) in [5, 5.41) is 11.5. The summed E-state index contributed by atoms with van der Waals surface area (Å²) in [7, 11) is 1.45. The number of aliphatic hydroxyl groups excluding tert-OH is 1. The van der Waals surface area contributed by atoms with Gasteiger partial charge in [-0.3, -0.25) is 14.5 Å². The number of halogens is 2. The summed E-state index contributed by atoms with van der Waals surface area (Å²) >= 11 is 0. The molecule has 0 aromatic carbocycles. The lowest BCUT2D eigenvalue weighted by Gasteiger charge is -2.23. The Hall–Kier alpha value is -1.28. The van der Waals surface area contributed by atoms with Crippen molar-refractivity contribution < 1.29 is 23.5 Å². The van der Waals surface area contributed by atoms with Gasteiger partial charge in [-0.25, -0.2) is 8.78 Å². The molecule has 0 aromatic rings. The normalized spacial score (nSPS) is 14.7. The van der Waals surface area contributed by atoms with Crippen molar-refractivity contribution in [2.24, 2.45) is 0 Å². The summed E-state index contributed by atoms with van der Waals surface area (Å²) in [5.74, 6) is -0.670. The molecule has 1 rings (SSSR count). The Kier molecular flexibility index (Phi) is 6.80. The molecule has 1 aliphatic carbocycles. The number of nitrogens with one attached hydrogen (secondary N) is 1. The van der Waals surface area contributed by atoms with Crippen molar-refractivity contribution in [3.05, 3.63) is 0 Å². The molecule has 0 bridgehead atoms. The molecular formula is C12H21F2N3O3. The molecule has 20 heavy (non-hydrogen) atoms. The number of amides is 2. The molecular weight excluding hydrogens is 272 g/mol. The van der Waals surface area contributed by atoms with Gasteiger partial charge in [0, 0.05) is 19.6 Å². The number of rotatable bonds is 9. The Morgan fingerprint density at radius 3 is 2.50 bits per heavy atom. The Morgan fingerprint density at radius 2 is 2.00 bits per heavy atom. The minimum atomic E-state index is -2.57. The predicted octanol–water partition coefficient (Wildman–Crippen LogP) is -0.717. The Bertz CT molecular complexity index is 338. The molecule has 2 N–H and O–H groups in total. The SMILES string of the molecule is CN(CC(=O)NC1CC1)C(=O)CN(CCO)CC(F)F. The number of hydrogen-bond acceptors (Lipinski definition) is 4. The molecule has 0 unspecified atom stereocenters. The van der Waals surface area contributed by atoms with E-state index in [1.165, 1.54) is 16.8 Å². The second-order valence-corrected chi connectivity index (χ2v) is 4.94. The fourth-order valence-electron chi connectivity index (χ4n) is 1.69. The van der Waals surface area contributed by atoms with E-state index in [2.05, 4.69) is 5.32 Å². The first-order valence-corrected chi connectivity index (χ1v) is 6.57. The molecule has 0 saturated heterocycles. The number of hydrogen-bond donors (Lipinski definition) is 2. The third kappa shape index (κ3) is 6.76. The van der Waals surface area contributed by atoms with Crippen molar-refractivity contribution in [2.75, 3.05) is 39.8 Å². The molecule has 8 heteroatoms. The number of alkyl halides is 2. The lowest BCUT2D eigenvalue weighted by atomic mass is 10.4. The molecule has 0 heterocycles. The molecule has 6 nitrogen and oxygen atoms in total. The highest BCUT2D eigenvalue weighted by molar-refractivity contribution is 5.85. The zero-order chi connectivity index (χ0) is 15.1. The van der Waals surface area contributed by atoms with E-state index in [1.54, 1.807) is 0 Å². The van der Waals surface area contributed by atoms with Crippen molar-refractivity contribution in [2.45, 2.75) is 25.3 Å². The van der Waals surface area contributed by atoms with Crippen LogP contribution in [0, 0.1) is 0 Å². The van der Waals surface area contributed by atoms with Gasteiger partial charge in [0.15, 0.2) is 0 Å². The first-order valence-electron chi connectivity index (χ1n) is 6.57. The average molecular weight is 293 g/mol. The third-order valence-corrected chi connectivity index (χ3v) is 2.92. The molecule has 116 valence electrons. The van der Waals surface area contributed by atoms with Gasteiger partial charge in [-0.05, 0) is 12.8 Å². The molecule has 0 spiro atoms. The standard InChI is InChI=1S/C12H21F2N3O3/c1-16(7-11(19)15-9-2-3-9)12(20)8-17(4-5-18)6-10(13)14/h9-10,18H,2-8H2,1H3,(H,15,19). The second kappa shape index (κ2) is 8.11. The zero-order valence-electron chi connectivity index (χ0n) is 11.5. The minimum absolute atomic E-state index is 0.00180. The minimum Gasteiger partial charge on any atom is -0.395 e. The number of carbonyl (C=O) groups excluding carboxylic acids is 2. The molecule has 0 radical (unpaired) electrons. The highest BCUT2D eigenvalue weighted by Crippen LogP contribution is 2.18. The van der Waals surface area contributed by atoms with E-state index in [4.69, 9.17) is 5.11 Å². The van der Waals surface area contributed by atoms with E-state index in [0.717, 1.165) is 12.8 Å². The van der Waals surface area contributed by atoms with Crippen molar-refractivity contribution in [1.82, 2.24) is 15.1 Å². The van der Waals surface area contributed by atoms with Crippen molar-refractivity contribution in [3.8, 4) is 0 Å². The van der Waals surface area contributed by atoms with Gasteiger partial charge in [-0.1, -0.05) is 0 Å². The third-order valence-electron chi connectivity index (χ3n) is 2.92. The Morgan fingerprint density at radius 1 is 1.35 bits per heavy atom. The van der Waals surface area contributed by atoms with Gasteiger partial charge in [0.2, 0.25) is 11.8 Å². The number of carbonyl (C=O) groups is 2. The van der Waals surface area contributed by atoms with E-state index in [-0.39, 0.29) is 38.2 Å². The zero-order valence-corrected chi connectivity index (χ0v) is 11.5. The highest BCUT2D eigenvalue weighted by Gasteiger charge is 2.25. The van der Waals surface area contributed by atoms with E-state index in [9.17, 15) is 18.4 Å². The van der Waals surface area contributed by atoms with Crippen LogP contribution in [0.5, 0.6) is 0 Å². The molecule has 0 aromatic heterocycles. The summed E-state index contributed by atoms with van der Waals surface area (Å²) in [4.78, 5) is 25.7. The maximum absolute atomic E-state index is 12.3. The largest absolute Gasteiger partial charge is 0.395 e. The van der Waals surface area contributed by atoms with Crippen molar-refractivity contribution in [1.29, 1.82) is 0 Å². The predicted molar refractivity (Wildman–Crippen MR) is 68.3 cm³/mol. The fourth-order valence-corrected chi connectivity index (χ4v) is 1.69. The van der Waals surface area contributed by atoms with Crippen LogP contribution in [0.2, 0.25) is 0 Å². The average Bonchev–Trinajstić information content (AvgIpc) is 3.11. The fraction of sp³-hybridized carbons (Fsp3) is 0.833. The maximum Gasteiger partial charge on any atom is 0.251 e. The summed E-state index contributed by atoms with van der Waals surface area (Å²) in [6, 6.07) is 0.218. The van der Waals surface area contributed by atoms with Gasteiger partial charge in [0.05, 0.1) is 26.2 Å². The van der Waals surface area contributed by atoms with Gasteiger partial charge in [-0.2, -0.15) is 0 Å². The summed E-state index contributed by atoms with van der Waals surface area (Å²) in [6.45, 7) is -1.20. The van der Waals surface area contributed by atoms with Crippen LogP contribution in [0.1, 0.15) is 12.8 Å². The Balaban J connectivity index is 2.34. The Labute approximate surface area is 116 Å². The maximum atomic E-state index is 12.3. The van der Waals surface area contributed by atoms with Crippen LogP contribution < -0.4 is 5.32 Å². The van der Waals surface area contributed by atoms with Crippen LogP contribution >= 0.6 is 0 Å². The van der Waals surface area contributed by atoms with Gasteiger partial charge >= 0.3 is 0 Å². The van der Waals surface area contributed by atoms with Crippen LogP contribution in [-0.2, 0) is 9.59 Å². The molecule has 0 atom stereocenters. The van der Waals surface area contributed by atoms with Crippen LogP contribution in [0.25, 0.3) is 0 Å². The van der Waals surface area contributed by atoms with E-state index < -0.39 is 18.9 Å². The van der Waals surface area contributed by atoms with E-state index >= 15 is 0 Å². The summed E-state index contributed by atoms with van der Waals surface area (Å²) in [6.07, 6.45) is -0.651. The van der Waals surface area contributed by atoms with Gasteiger partial charge in [0.1, 0.15) is 0 Å². The topological polar surface area (TPSA) is 72.9 Å². The van der Waals surface area contributed by atoms with Gasteiger partial charge < -0.3 is 15.3 Å². The number of likely N-dealkylation sites (N-methyl/N-ethyl adjacent to an activating group) is 1. The molecule has 1 saturated carbocycles. The quantitative estimate of drug-likeness (QED) is 0.589. The second-order valence-electron chi connectivity index (χ2n) is 4.94. The first-order chi connectivity index (χ1) is 9.42. The summed E-state index contributed by atoms with van der Waals surface area (Å²) < 4.78 is 24.6. The highest BCUT2D eigenvalue weighted by atomic mass is 19.3. The van der Waals surface area contributed by atoms with Crippen LogP contribution in [-0.4, -0.2) is 79.0 Å². The monoisotopic (exact) mass is 293 g/mol. The van der Waals surface area contributed by atoms with Crippen LogP contribution in [0.15, 0.2) is 0 Å². The van der Waals surface area contributed by atoms with Gasteiger partial charge in [-0.15, -0.1) is 0 Å². The smallest absolute Gasteiger partial charge is 0.251 e. The van der Waals surface area contributed by atoms with Crippen LogP contribution in [0.3, 0.4) is 0 Å². The molecule has 1 fully saturated rings. The first kappa shape index (κ1) is 16.8. The van der Waals surface area contributed by atoms with E-state index in [1.807, 2.05) is 0 Å². The summed E-state index contributed by atoms with van der Waals surface area (Å²) in [5.41, 5.74) is 0. The lowest BCUT2D eigenvalue weighted by Crippen LogP contribution is -2.45. The van der Waals surface area contributed by atoms with Crippen LogP contribution in [0.4, 0.5) is 8.78 Å². The molecule has 1 aliphatic rings. The van der Waals surface area contributed by atoms with Crippen molar-refractivity contribution >= 4 is 11.8 Å². The lowest BCUT2D eigenvalue weighted by molar-refractivity contribution is -0.136. The molecule has 0 aliphatic heterocycles. The van der Waals surface area contributed by atoms with E-state index in [0.29, 0.717) is 0 Å².